The first-order valence-corrected chi connectivity index (χ1v) is 8.55. The predicted octanol–water partition coefficient (Wildman–Crippen LogP) is 1.50. The van der Waals surface area contributed by atoms with Gasteiger partial charge in [-0.05, 0) is 24.1 Å². The molecule has 3 aliphatic rings. The Morgan fingerprint density at radius 1 is 1.40 bits per heavy atom. The van der Waals surface area contributed by atoms with Crippen molar-refractivity contribution in [2.45, 2.75) is 30.8 Å². The molecule has 0 unspecified atom stereocenters. The Kier molecular flexibility index (Phi) is 3.85. The van der Waals surface area contributed by atoms with E-state index in [1.165, 1.54) is 6.92 Å². The topological polar surface area (TPSA) is 58.6 Å². The van der Waals surface area contributed by atoms with Crippen molar-refractivity contribution in [2.75, 3.05) is 25.0 Å². The lowest BCUT2D eigenvalue weighted by Gasteiger charge is -2.48. The van der Waals surface area contributed by atoms with Gasteiger partial charge in [-0.25, -0.2) is 0 Å². The van der Waals surface area contributed by atoms with Crippen molar-refractivity contribution in [3.05, 3.63) is 42.0 Å². The number of likely N-dealkylation sites (tertiary alicyclic amines) is 1. The molecule has 2 heterocycles. The first-order chi connectivity index (χ1) is 12.1. The summed E-state index contributed by atoms with van der Waals surface area (Å²) >= 11 is 0. The number of benzene rings is 1. The second-order valence-corrected chi connectivity index (χ2v) is 6.71. The molecule has 1 N–H and O–H groups in total. The highest BCUT2D eigenvalue weighted by Gasteiger charge is 2.59. The lowest BCUT2D eigenvalue weighted by molar-refractivity contribution is -0.139. The van der Waals surface area contributed by atoms with E-state index in [0.29, 0.717) is 6.54 Å². The molecule has 1 aliphatic carbocycles. The number of hydrogen-bond acceptors (Lipinski definition) is 5. The number of fused-ring (bicyclic) bond motifs is 1. The Balaban J connectivity index is 1.62. The minimum atomic E-state index is -0.473. The molecule has 5 nitrogen and oxygen atoms in total. The summed E-state index contributed by atoms with van der Waals surface area (Å²) in [6.45, 7) is 2.88. The molecule has 1 aromatic rings. The van der Waals surface area contributed by atoms with Gasteiger partial charge in [0.05, 0.1) is 24.0 Å². The van der Waals surface area contributed by atoms with Crippen molar-refractivity contribution < 1.29 is 14.3 Å². The van der Waals surface area contributed by atoms with Crippen LogP contribution < -0.4 is 5.32 Å². The van der Waals surface area contributed by atoms with Gasteiger partial charge in [0, 0.05) is 19.2 Å². The number of hydrogen-bond donors (Lipinski definition) is 1. The molecular weight excluding hydrogens is 316 g/mol. The fraction of sp³-hybridized carbons (Fsp3) is 0.400. The van der Waals surface area contributed by atoms with Crippen molar-refractivity contribution in [3.63, 3.8) is 0 Å². The number of para-hydroxylation sites is 1. The van der Waals surface area contributed by atoms with Crippen LogP contribution in [0.5, 0.6) is 0 Å². The molecule has 2 aliphatic heterocycles. The number of carbonyl (C=O) groups is 2. The average molecular weight is 336 g/mol. The third kappa shape index (κ3) is 2.45. The van der Waals surface area contributed by atoms with Gasteiger partial charge >= 0.3 is 5.97 Å². The highest BCUT2D eigenvalue weighted by Crippen LogP contribution is 2.50. The van der Waals surface area contributed by atoms with Crippen LogP contribution in [-0.4, -0.2) is 48.4 Å². The Morgan fingerprint density at radius 3 is 3.08 bits per heavy atom. The number of ketones is 1. The molecule has 1 fully saturated rings. The Labute approximate surface area is 147 Å². The van der Waals surface area contributed by atoms with Gasteiger partial charge in [0.1, 0.15) is 0 Å². The lowest BCUT2D eigenvalue weighted by Crippen LogP contribution is -2.60. The standard InChI is InChI=1S/C20H20N2O3/c1-14(23)25-13-5-4-11-22-12-10-20-15-6-2-3-7-16(15)21-17(19(20)22)8-9-18(20)24/h2-3,6-9,17,19,21H,10-13H2,1H3/t17-,19+,20+/m0/s1. The van der Waals surface area contributed by atoms with E-state index in [9.17, 15) is 9.59 Å². The zero-order valence-corrected chi connectivity index (χ0v) is 14.1. The van der Waals surface area contributed by atoms with E-state index in [1.54, 1.807) is 6.08 Å². The fourth-order valence-electron chi connectivity index (χ4n) is 4.42. The van der Waals surface area contributed by atoms with Crippen molar-refractivity contribution >= 4 is 17.4 Å². The number of ether oxygens (including phenoxy) is 1. The van der Waals surface area contributed by atoms with Crippen molar-refractivity contribution in [1.82, 2.24) is 4.90 Å². The molecular formula is C20H20N2O3. The zero-order valence-electron chi connectivity index (χ0n) is 14.1. The van der Waals surface area contributed by atoms with Crippen LogP contribution in [0.1, 0.15) is 18.9 Å². The minimum Gasteiger partial charge on any atom is -0.453 e. The van der Waals surface area contributed by atoms with Gasteiger partial charge in [0.2, 0.25) is 0 Å². The molecule has 0 spiro atoms. The van der Waals surface area contributed by atoms with Crippen LogP contribution in [0.25, 0.3) is 0 Å². The number of nitrogens with one attached hydrogen (secondary N) is 1. The number of allylic oxidation sites excluding steroid dienone is 1. The summed E-state index contributed by atoms with van der Waals surface area (Å²) < 4.78 is 4.84. The molecule has 2 bridgehead atoms. The molecule has 3 atom stereocenters. The normalized spacial score (nSPS) is 29.1. The average Bonchev–Trinajstić information content (AvgIpc) is 3.00. The second kappa shape index (κ2) is 6.05. The maximum absolute atomic E-state index is 12.9. The number of esters is 1. The van der Waals surface area contributed by atoms with Gasteiger partial charge in [-0.3, -0.25) is 14.5 Å². The van der Waals surface area contributed by atoms with Crippen molar-refractivity contribution in [1.29, 1.82) is 0 Å². The van der Waals surface area contributed by atoms with E-state index in [4.69, 9.17) is 4.74 Å². The summed E-state index contributed by atoms with van der Waals surface area (Å²) in [6, 6.07) is 8.29. The van der Waals surface area contributed by atoms with Gasteiger partial charge in [-0.15, -0.1) is 0 Å². The molecule has 25 heavy (non-hydrogen) atoms. The molecule has 5 heteroatoms. The maximum Gasteiger partial charge on any atom is 0.303 e. The third-order valence-electron chi connectivity index (χ3n) is 5.41. The van der Waals surface area contributed by atoms with Crippen LogP contribution in [0.3, 0.4) is 0 Å². The van der Waals surface area contributed by atoms with Crippen LogP contribution in [0.2, 0.25) is 0 Å². The third-order valence-corrected chi connectivity index (χ3v) is 5.41. The van der Waals surface area contributed by atoms with E-state index in [2.05, 4.69) is 28.1 Å². The molecule has 1 saturated heterocycles. The van der Waals surface area contributed by atoms with Gasteiger partial charge in [-0.2, -0.15) is 0 Å². The Bertz CT molecular complexity index is 820. The van der Waals surface area contributed by atoms with Crippen LogP contribution >= 0.6 is 0 Å². The van der Waals surface area contributed by atoms with E-state index >= 15 is 0 Å². The molecule has 1 aromatic carbocycles. The highest BCUT2D eigenvalue weighted by atomic mass is 16.5. The van der Waals surface area contributed by atoms with Gasteiger partial charge in [-0.1, -0.05) is 36.1 Å². The highest BCUT2D eigenvalue weighted by molar-refractivity contribution is 6.03. The minimum absolute atomic E-state index is 0.0722. The SMILES string of the molecule is CC(=O)OCC#CCN1CC[C@]23C(=O)C=C[C@H](Nc4ccccc42)[C@@H]13. The molecule has 4 rings (SSSR count). The van der Waals surface area contributed by atoms with Crippen LogP contribution in [0.4, 0.5) is 5.69 Å². The number of nitrogens with zero attached hydrogens (tertiary/aromatic N) is 1. The summed E-state index contributed by atoms with van der Waals surface area (Å²) in [4.78, 5) is 26.0. The largest absolute Gasteiger partial charge is 0.453 e. The molecule has 0 saturated carbocycles. The maximum atomic E-state index is 12.9. The zero-order chi connectivity index (χ0) is 17.4. The van der Waals surface area contributed by atoms with E-state index in [-0.39, 0.29) is 30.4 Å². The summed E-state index contributed by atoms with van der Waals surface area (Å²) in [5, 5.41) is 3.56. The summed E-state index contributed by atoms with van der Waals surface area (Å²) in [5.74, 6) is 5.82. The molecule has 0 radical (unpaired) electrons. The smallest absolute Gasteiger partial charge is 0.303 e. The fourth-order valence-corrected chi connectivity index (χ4v) is 4.42. The first kappa shape index (κ1) is 15.9. The van der Waals surface area contributed by atoms with Crippen molar-refractivity contribution in [2.24, 2.45) is 0 Å². The summed E-state index contributed by atoms with van der Waals surface area (Å²) in [6.07, 6.45) is 4.52. The van der Waals surface area contributed by atoms with E-state index in [1.807, 2.05) is 24.3 Å². The van der Waals surface area contributed by atoms with Gasteiger partial charge in [0.15, 0.2) is 12.4 Å². The van der Waals surface area contributed by atoms with Gasteiger partial charge in [0.25, 0.3) is 0 Å². The van der Waals surface area contributed by atoms with Crippen LogP contribution in [0.15, 0.2) is 36.4 Å². The summed E-state index contributed by atoms with van der Waals surface area (Å²) in [5.41, 5.74) is 1.68. The van der Waals surface area contributed by atoms with Crippen LogP contribution in [-0.2, 0) is 19.7 Å². The molecule has 0 amide bonds. The quantitative estimate of drug-likeness (QED) is 0.655. The second-order valence-electron chi connectivity index (χ2n) is 6.71. The van der Waals surface area contributed by atoms with E-state index < -0.39 is 5.41 Å². The van der Waals surface area contributed by atoms with Crippen LogP contribution in [0, 0.1) is 11.8 Å². The number of anilines is 1. The molecule has 128 valence electrons. The first-order valence-electron chi connectivity index (χ1n) is 8.55. The Morgan fingerprint density at radius 2 is 2.24 bits per heavy atom. The van der Waals surface area contributed by atoms with E-state index in [0.717, 1.165) is 24.2 Å². The van der Waals surface area contributed by atoms with Gasteiger partial charge < -0.3 is 10.1 Å². The Hall–Kier alpha value is -2.58. The lowest BCUT2D eigenvalue weighted by atomic mass is 9.63. The summed E-state index contributed by atoms with van der Waals surface area (Å²) in [7, 11) is 0. The monoisotopic (exact) mass is 336 g/mol. The predicted molar refractivity (Wildman–Crippen MR) is 94.1 cm³/mol. The number of rotatable bonds is 2. The van der Waals surface area contributed by atoms with Crippen molar-refractivity contribution in [3.8, 4) is 11.8 Å². The molecule has 0 aromatic heterocycles. The number of carbonyl (C=O) groups excluding carboxylic acids is 2.